The fourth-order valence-electron chi connectivity index (χ4n) is 10.7. The molecule has 8 aromatic heterocycles. The number of carbonyl (C=O) groups is 1. The van der Waals surface area contributed by atoms with Gasteiger partial charge in [0.15, 0.2) is 5.13 Å². The molecule has 10 aromatic rings. The van der Waals surface area contributed by atoms with Crippen LogP contribution < -0.4 is 11.2 Å². The van der Waals surface area contributed by atoms with E-state index in [1.807, 2.05) is 144 Å². The molecule has 2 aromatic carbocycles. The predicted octanol–water partition coefficient (Wildman–Crippen LogP) is 18.0. The molecule has 1 N–H and O–H groups in total. The first-order valence-corrected chi connectivity index (χ1v) is 40.4. The lowest BCUT2D eigenvalue weighted by Crippen LogP contribution is -2.40. The van der Waals surface area contributed by atoms with Crippen molar-refractivity contribution in [2.24, 2.45) is 7.05 Å². The minimum absolute atomic E-state index is 0.0480. The average molecular weight is 1560 g/mol. The maximum absolute atomic E-state index is 12.2. The summed E-state index contributed by atoms with van der Waals surface area (Å²) in [6.07, 6.45) is 20.9. The molecule has 111 heavy (non-hydrogen) atoms. The second-order valence-corrected chi connectivity index (χ2v) is 38.6. The number of H-pyrrole nitrogens is 1. The Labute approximate surface area is 672 Å². The van der Waals surface area contributed by atoms with Gasteiger partial charge in [-0.2, -0.15) is 10.2 Å². The van der Waals surface area contributed by atoms with Gasteiger partial charge in [0, 0.05) is 123 Å². The number of nitrogens with one attached hydrogen (secondary N) is 1. The summed E-state index contributed by atoms with van der Waals surface area (Å²) in [5.41, 5.74) is 12.4. The summed E-state index contributed by atoms with van der Waals surface area (Å²) < 4.78 is 18.3. The number of pyridine rings is 1. The summed E-state index contributed by atoms with van der Waals surface area (Å²) in [4.78, 5) is 68.0. The lowest BCUT2D eigenvalue weighted by Gasteiger charge is -2.27. The number of hydrogen-bond donors (Lipinski definition) is 1. The van der Waals surface area contributed by atoms with Crippen LogP contribution >= 0.6 is 22.7 Å². The van der Waals surface area contributed by atoms with Crippen LogP contribution in [0.25, 0.3) is 5.13 Å². The van der Waals surface area contributed by atoms with Crippen molar-refractivity contribution >= 4 is 28.6 Å². The van der Waals surface area contributed by atoms with Gasteiger partial charge in [0.1, 0.15) is 11.6 Å². The van der Waals surface area contributed by atoms with Gasteiger partial charge in [-0.15, -0.1) is 22.7 Å². The van der Waals surface area contributed by atoms with Crippen molar-refractivity contribution in [3.63, 3.8) is 0 Å². The summed E-state index contributed by atoms with van der Waals surface area (Å²) in [5, 5.41) is 12.8. The van der Waals surface area contributed by atoms with Crippen LogP contribution in [0.2, 0.25) is 0 Å². The van der Waals surface area contributed by atoms with E-state index in [4.69, 9.17) is 9.47 Å². The van der Waals surface area contributed by atoms with Gasteiger partial charge in [0.25, 0.3) is 11.5 Å². The highest BCUT2D eigenvalue weighted by molar-refractivity contribution is 7.12. The van der Waals surface area contributed by atoms with Crippen molar-refractivity contribution in [2.75, 3.05) is 59.2 Å². The molecule has 0 saturated carbocycles. The lowest BCUT2D eigenvalue weighted by atomic mass is 9.86. The van der Waals surface area contributed by atoms with E-state index in [0.717, 1.165) is 78.6 Å². The summed E-state index contributed by atoms with van der Waals surface area (Å²) in [7, 11) is 1.94. The Morgan fingerprint density at radius 1 is 0.514 bits per heavy atom. The quantitative estimate of drug-likeness (QED) is 0.157. The number of ether oxygens (including phenoxy) is 2. The molecule has 0 aliphatic carbocycles. The number of amides is 1. The molecule has 20 nitrogen and oxygen atoms in total. The molecule has 606 valence electrons. The zero-order valence-corrected chi connectivity index (χ0v) is 74.3. The summed E-state index contributed by atoms with van der Waals surface area (Å²) >= 11 is 3.47. The van der Waals surface area contributed by atoms with Crippen molar-refractivity contribution < 1.29 is 14.3 Å². The SMILES string of the molecule is CC(C)(C)c1ccc(=O)n(Cc2ccccc2)c1.CC(C)(C)c1ccc(C(=O)N2CCOCC2)cc1.CC(C)(C)c1cnc(=O)[nH]c1.CC(C)(C)c1cnn(CCN2CCOCC2)c1.Cc1nc(C)c(C(C)(C)C)s1.Cc1ncc(C(C)(C)C)cn1.Cc1nccn1-c1nc(C(C)(C)C)cs1.Cn1cc(C(C)(C)C)cn1. The maximum atomic E-state index is 12.2. The summed E-state index contributed by atoms with van der Waals surface area (Å²) in [6.45, 7) is 69.3. The van der Waals surface area contributed by atoms with Crippen LogP contribution in [0.5, 0.6) is 0 Å². The molecule has 0 unspecified atom stereocenters. The van der Waals surface area contributed by atoms with Crippen molar-refractivity contribution in [3.8, 4) is 5.13 Å². The Kier molecular flexibility index (Phi) is 34.3. The molecule has 0 bridgehead atoms. The average Bonchev–Trinajstić information content (AvgIpc) is 1.80. The first-order chi connectivity index (χ1) is 51.4. The molecule has 0 spiro atoms. The molecule has 12 rings (SSSR count). The number of nitrogens with zero attached hydrogens (tertiary/aromatic N) is 14. The van der Waals surface area contributed by atoms with Gasteiger partial charge in [-0.1, -0.05) is 215 Å². The molecule has 2 aliphatic heterocycles. The first kappa shape index (κ1) is 93.2. The third-order valence-electron chi connectivity index (χ3n) is 18.2. The van der Waals surface area contributed by atoms with Crippen LogP contribution in [0.1, 0.15) is 248 Å². The van der Waals surface area contributed by atoms with Gasteiger partial charge < -0.3 is 23.9 Å². The number of benzene rings is 2. The number of hydrogen-bond acceptors (Lipinski definition) is 16. The minimum Gasteiger partial charge on any atom is -0.379 e. The topological polar surface area (TPSA) is 215 Å². The maximum Gasteiger partial charge on any atom is 0.344 e. The van der Waals surface area contributed by atoms with Crippen LogP contribution in [0, 0.1) is 27.7 Å². The summed E-state index contributed by atoms with van der Waals surface area (Å²) in [5.74, 6) is 1.92. The number of thiazole rings is 2. The van der Waals surface area contributed by atoms with E-state index in [2.05, 4.69) is 252 Å². The van der Waals surface area contributed by atoms with Crippen molar-refractivity contribution in [3.05, 3.63) is 239 Å². The zero-order chi connectivity index (χ0) is 83.1. The molecular weight excluding hydrogens is 1420 g/mol. The highest BCUT2D eigenvalue weighted by Gasteiger charge is 2.24. The van der Waals surface area contributed by atoms with Gasteiger partial charge in [-0.25, -0.2) is 34.7 Å². The predicted molar refractivity (Wildman–Crippen MR) is 459 cm³/mol. The normalized spacial score (nSPS) is 13.6. The molecule has 2 aliphatic rings. The Balaban J connectivity index is 0.000000229. The van der Waals surface area contributed by atoms with E-state index >= 15 is 0 Å². The van der Waals surface area contributed by atoms with Crippen LogP contribution in [-0.4, -0.2) is 138 Å². The number of aromatic amines is 1. The zero-order valence-electron chi connectivity index (χ0n) is 72.7. The van der Waals surface area contributed by atoms with Gasteiger partial charge in [-0.05, 0) is 117 Å². The molecular formula is C89H133N15O5S2. The van der Waals surface area contributed by atoms with Crippen molar-refractivity contribution in [1.29, 1.82) is 0 Å². The van der Waals surface area contributed by atoms with Gasteiger partial charge in [-0.3, -0.25) is 28.4 Å². The molecule has 0 radical (unpaired) electrons. The highest BCUT2D eigenvalue weighted by atomic mass is 32.1. The Bertz CT molecular complexity index is 4490. The molecule has 10 heterocycles. The number of morpholine rings is 2. The number of imidazole rings is 1. The fraction of sp³-hybridized carbons (Fsp3) is 0.539. The monoisotopic (exact) mass is 1560 g/mol. The molecule has 1 amide bonds. The lowest BCUT2D eigenvalue weighted by molar-refractivity contribution is 0.0303. The smallest absolute Gasteiger partial charge is 0.344 e. The Hall–Kier alpha value is -8.41. The first-order valence-electron chi connectivity index (χ1n) is 38.7. The van der Waals surface area contributed by atoms with E-state index in [-0.39, 0.29) is 60.5 Å². The third-order valence-corrected chi connectivity index (χ3v) is 20.6. The van der Waals surface area contributed by atoms with Crippen molar-refractivity contribution in [2.45, 2.75) is 250 Å². The summed E-state index contributed by atoms with van der Waals surface area (Å²) in [6, 6.07) is 21.6. The molecule has 0 atom stereocenters. The Morgan fingerprint density at radius 2 is 1.04 bits per heavy atom. The second-order valence-electron chi connectivity index (χ2n) is 36.5. The largest absolute Gasteiger partial charge is 0.379 e. The van der Waals surface area contributed by atoms with E-state index in [1.54, 1.807) is 40.6 Å². The fourth-order valence-corrected chi connectivity index (χ4v) is 12.8. The van der Waals surface area contributed by atoms with E-state index < -0.39 is 0 Å². The van der Waals surface area contributed by atoms with Crippen molar-refractivity contribution in [1.82, 2.24) is 73.4 Å². The van der Waals surface area contributed by atoms with Crippen LogP contribution in [0.4, 0.5) is 0 Å². The van der Waals surface area contributed by atoms with Crippen LogP contribution in [0.3, 0.4) is 0 Å². The van der Waals surface area contributed by atoms with Gasteiger partial charge in [0.2, 0.25) is 0 Å². The third kappa shape index (κ3) is 32.3. The second kappa shape index (κ2) is 40.9. The van der Waals surface area contributed by atoms with Gasteiger partial charge >= 0.3 is 5.69 Å². The van der Waals surface area contributed by atoms with E-state index in [1.165, 1.54) is 43.4 Å². The van der Waals surface area contributed by atoms with E-state index in [0.29, 0.717) is 32.8 Å². The number of aryl methyl sites for hydroxylation is 5. The van der Waals surface area contributed by atoms with Crippen LogP contribution in [0.15, 0.2) is 150 Å². The van der Waals surface area contributed by atoms with Gasteiger partial charge in [0.05, 0.1) is 68.3 Å². The van der Waals surface area contributed by atoms with Crippen LogP contribution in [-0.2, 0) is 72.9 Å². The Morgan fingerprint density at radius 3 is 1.47 bits per heavy atom. The minimum atomic E-state index is -0.294. The number of aromatic nitrogens is 13. The number of rotatable bonds is 7. The molecule has 22 heteroatoms. The number of carbonyl (C=O) groups excluding carboxylic acids is 1. The van der Waals surface area contributed by atoms with E-state index in [9.17, 15) is 14.4 Å². The standard InChI is InChI=1S/C16H19NO.C15H21NO2.C13H23N3O.C11H15N3S.C9H14N2.C9H15NS.C8H12N2O.C8H14N2/c1-16(2,3)14-9-10-15(18)17(12-14)11-13-7-5-4-6-8-13;1-15(2,3)13-6-4-12(5-7-13)14(17)16-8-10-18-11-9-16;1-13(2,3)12-10-14-16(11-12)5-4-15-6-8-17-9-7-15;1-8-12-5-6-14(8)10-13-9(7-15-10)11(2,3)4;1-7-10-5-8(6-11-7)9(2,3)4;1-6-8(9(3,4)5)11-7(2)10-6;1-8(2,3)6-4-9-7(11)10-5-6;1-8(2,3)7-5-9-10(4)6-7/h4-10,12H,11H2,1-3H3;4-7H,8-11H2,1-3H3;10-11H,4-9H2,1-3H3;5-7H,1-4H3;5-6H,1-4H3;1-5H3;4-5H,1-3H3,(H,9,10,11);5-6H,1-4H3. The molecule has 2 saturated heterocycles. The molecule has 2 fully saturated rings. The highest BCUT2D eigenvalue weighted by Crippen LogP contribution is 2.32.